The summed E-state index contributed by atoms with van der Waals surface area (Å²) in [5, 5.41) is 3.22. The molecular weight excluding hydrogens is 238 g/mol. The van der Waals surface area contributed by atoms with Crippen LogP contribution in [0, 0.1) is 0 Å². The number of carbonyl (C=O) groups excluding carboxylic acids is 1. The van der Waals surface area contributed by atoms with Crippen molar-refractivity contribution in [2.24, 2.45) is 0 Å². The second kappa shape index (κ2) is 6.20. The summed E-state index contributed by atoms with van der Waals surface area (Å²) < 4.78 is 5.28. The molecule has 0 atom stereocenters. The molecule has 0 aliphatic heterocycles. The molecule has 1 N–H and O–H groups in total. The highest BCUT2D eigenvalue weighted by Crippen LogP contribution is 2.24. The SMILES string of the molecule is COc1ccc(C(C)C)cc1C(=O)CNC(C)(C)C. The second-order valence-electron chi connectivity index (χ2n) is 6.14. The van der Waals surface area contributed by atoms with Crippen molar-refractivity contribution in [1.82, 2.24) is 5.32 Å². The Morgan fingerprint density at radius 1 is 1.32 bits per heavy atom. The topological polar surface area (TPSA) is 38.3 Å². The van der Waals surface area contributed by atoms with Gasteiger partial charge >= 0.3 is 0 Å². The summed E-state index contributed by atoms with van der Waals surface area (Å²) in [5.74, 6) is 1.10. The van der Waals surface area contributed by atoms with Crippen LogP contribution in [0.5, 0.6) is 5.75 Å². The van der Waals surface area contributed by atoms with Gasteiger partial charge in [-0.2, -0.15) is 0 Å². The lowest BCUT2D eigenvalue weighted by atomic mass is 9.98. The summed E-state index contributed by atoms with van der Waals surface area (Å²) >= 11 is 0. The average molecular weight is 263 g/mol. The van der Waals surface area contributed by atoms with E-state index in [-0.39, 0.29) is 11.3 Å². The van der Waals surface area contributed by atoms with E-state index in [0.717, 1.165) is 5.56 Å². The number of rotatable bonds is 5. The number of nitrogens with one attached hydrogen (secondary N) is 1. The lowest BCUT2D eigenvalue weighted by Gasteiger charge is -2.20. The third-order valence-electron chi connectivity index (χ3n) is 2.97. The molecule has 1 aromatic carbocycles. The standard InChI is InChI=1S/C16H25NO2/c1-11(2)12-7-8-15(19-6)13(9-12)14(18)10-17-16(3,4)5/h7-9,11,17H,10H2,1-6H3. The van der Waals surface area contributed by atoms with Crippen LogP contribution in [-0.4, -0.2) is 25.0 Å². The van der Waals surface area contributed by atoms with E-state index in [0.29, 0.717) is 23.8 Å². The first-order chi connectivity index (χ1) is 8.74. The molecule has 0 saturated carbocycles. The average Bonchev–Trinajstić information content (AvgIpc) is 2.34. The number of ether oxygens (including phenoxy) is 1. The van der Waals surface area contributed by atoms with Gasteiger partial charge in [0.15, 0.2) is 5.78 Å². The Kier molecular flexibility index (Phi) is 5.12. The van der Waals surface area contributed by atoms with E-state index in [2.05, 4.69) is 19.2 Å². The monoisotopic (exact) mass is 263 g/mol. The number of hydrogen-bond donors (Lipinski definition) is 1. The molecule has 0 heterocycles. The van der Waals surface area contributed by atoms with Gasteiger partial charge in [0.05, 0.1) is 19.2 Å². The summed E-state index contributed by atoms with van der Waals surface area (Å²) in [6.45, 7) is 10.7. The molecule has 0 aliphatic rings. The molecule has 3 heteroatoms. The van der Waals surface area contributed by atoms with E-state index in [1.54, 1.807) is 7.11 Å². The third-order valence-corrected chi connectivity index (χ3v) is 2.97. The lowest BCUT2D eigenvalue weighted by Crippen LogP contribution is -2.39. The predicted molar refractivity (Wildman–Crippen MR) is 79.2 cm³/mol. The van der Waals surface area contributed by atoms with Crippen molar-refractivity contribution in [3.05, 3.63) is 29.3 Å². The first kappa shape index (κ1) is 15.7. The van der Waals surface area contributed by atoms with Crippen molar-refractivity contribution in [1.29, 1.82) is 0 Å². The van der Waals surface area contributed by atoms with Crippen molar-refractivity contribution >= 4 is 5.78 Å². The summed E-state index contributed by atoms with van der Waals surface area (Å²) in [4.78, 5) is 12.3. The number of Topliss-reactive ketones (excluding diaryl/α,β-unsaturated/α-hetero) is 1. The van der Waals surface area contributed by atoms with Crippen LogP contribution in [0.2, 0.25) is 0 Å². The van der Waals surface area contributed by atoms with E-state index >= 15 is 0 Å². The van der Waals surface area contributed by atoms with Crippen LogP contribution in [-0.2, 0) is 0 Å². The highest BCUT2D eigenvalue weighted by atomic mass is 16.5. The summed E-state index contributed by atoms with van der Waals surface area (Å²) in [5.41, 5.74) is 1.74. The largest absolute Gasteiger partial charge is 0.496 e. The molecule has 0 bridgehead atoms. The number of ketones is 1. The highest BCUT2D eigenvalue weighted by molar-refractivity contribution is 6.00. The summed E-state index contributed by atoms with van der Waals surface area (Å²) in [6.07, 6.45) is 0. The second-order valence-corrected chi connectivity index (χ2v) is 6.14. The van der Waals surface area contributed by atoms with Gasteiger partial charge in [0.2, 0.25) is 0 Å². The van der Waals surface area contributed by atoms with Gasteiger partial charge < -0.3 is 10.1 Å². The fourth-order valence-electron chi connectivity index (χ4n) is 1.74. The Hall–Kier alpha value is -1.35. The van der Waals surface area contributed by atoms with Crippen molar-refractivity contribution in [2.45, 2.75) is 46.1 Å². The van der Waals surface area contributed by atoms with E-state index in [9.17, 15) is 4.79 Å². The lowest BCUT2D eigenvalue weighted by molar-refractivity contribution is 0.0979. The zero-order valence-corrected chi connectivity index (χ0v) is 12.8. The van der Waals surface area contributed by atoms with Gasteiger partial charge in [-0.3, -0.25) is 4.79 Å². The van der Waals surface area contributed by atoms with Crippen LogP contribution in [0.4, 0.5) is 0 Å². The minimum absolute atomic E-state index is 0.0641. The Balaban J connectivity index is 2.96. The minimum atomic E-state index is -0.0709. The van der Waals surface area contributed by atoms with Gasteiger partial charge in [-0.15, -0.1) is 0 Å². The molecular formula is C16H25NO2. The normalized spacial score (nSPS) is 11.7. The minimum Gasteiger partial charge on any atom is -0.496 e. The maximum Gasteiger partial charge on any atom is 0.180 e. The Morgan fingerprint density at radius 3 is 2.42 bits per heavy atom. The fourth-order valence-corrected chi connectivity index (χ4v) is 1.74. The molecule has 0 amide bonds. The summed E-state index contributed by atoms with van der Waals surface area (Å²) in [6, 6.07) is 5.83. The van der Waals surface area contributed by atoms with E-state index < -0.39 is 0 Å². The van der Waals surface area contributed by atoms with Crippen LogP contribution in [0.3, 0.4) is 0 Å². The Labute approximate surface area is 116 Å². The first-order valence-electron chi connectivity index (χ1n) is 6.71. The third kappa shape index (κ3) is 4.67. The molecule has 0 radical (unpaired) electrons. The molecule has 106 valence electrons. The molecule has 0 aliphatic carbocycles. The van der Waals surface area contributed by atoms with Crippen LogP contribution >= 0.6 is 0 Å². The van der Waals surface area contributed by atoms with Gasteiger partial charge in [0.1, 0.15) is 5.75 Å². The molecule has 19 heavy (non-hydrogen) atoms. The predicted octanol–water partition coefficient (Wildman–Crippen LogP) is 3.39. The van der Waals surface area contributed by atoms with Crippen LogP contribution in [0.1, 0.15) is 56.5 Å². The Bertz CT molecular complexity index is 445. The van der Waals surface area contributed by atoms with Gasteiger partial charge in [0, 0.05) is 5.54 Å². The molecule has 3 nitrogen and oxygen atoms in total. The molecule has 1 aromatic rings. The zero-order chi connectivity index (χ0) is 14.6. The van der Waals surface area contributed by atoms with Crippen molar-refractivity contribution in [3.63, 3.8) is 0 Å². The van der Waals surface area contributed by atoms with Crippen LogP contribution < -0.4 is 10.1 Å². The molecule has 0 unspecified atom stereocenters. The zero-order valence-electron chi connectivity index (χ0n) is 12.8. The van der Waals surface area contributed by atoms with Crippen LogP contribution in [0.15, 0.2) is 18.2 Å². The van der Waals surface area contributed by atoms with Gasteiger partial charge in [-0.25, -0.2) is 0 Å². The highest BCUT2D eigenvalue weighted by Gasteiger charge is 2.17. The van der Waals surface area contributed by atoms with Gasteiger partial charge in [-0.1, -0.05) is 19.9 Å². The van der Waals surface area contributed by atoms with Crippen molar-refractivity contribution in [3.8, 4) is 5.75 Å². The molecule has 1 rings (SSSR count). The number of methoxy groups -OCH3 is 1. The number of benzene rings is 1. The maximum absolute atomic E-state index is 12.3. The van der Waals surface area contributed by atoms with E-state index in [1.807, 2.05) is 39.0 Å². The number of hydrogen-bond acceptors (Lipinski definition) is 3. The smallest absolute Gasteiger partial charge is 0.180 e. The van der Waals surface area contributed by atoms with Gasteiger partial charge in [0.25, 0.3) is 0 Å². The summed E-state index contributed by atoms with van der Waals surface area (Å²) in [7, 11) is 1.60. The molecule has 0 aromatic heterocycles. The molecule has 0 spiro atoms. The number of carbonyl (C=O) groups is 1. The Morgan fingerprint density at radius 2 is 1.95 bits per heavy atom. The van der Waals surface area contributed by atoms with Crippen LogP contribution in [0.25, 0.3) is 0 Å². The van der Waals surface area contributed by atoms with Gasteiger partial charge in [-0.05, 0) is 44.4 Å². The fraction of sp³-hybridized carbons (Fsp3) is 0.562. The quantitative estimate of drug-likeness (QED) is 0.828. The molecule has 0 fully saturated rings. The van der Waals surface area contributed by atoms with E-state index in [1.165, 1.54) is 0 Å². The van der Waals surface area contributed by atoms with E-state index in [4.69, 9.17) is 4.74 Å². The maximum atomic E-state index is 12.3. The van der Waals surface area contributed by atoms with Crippen molar-refractivity contribution < 1.29 is 9.53 Å². The molecule has 0 saturated heterocycles. The van der Waals surface area contributed by atoms with Crippen molar-refractivity contribution in [2.75, 3.05) is 13.7 Å². The first-order valence-corrected chi connectivity index (χ1v) is 6.71.